The number of carbonyl (C=O) groups is 2. The van der Waals surface area contributed by atoms with Gasteiger partial charge in [0.15, 0.2) is 10.9 Å². The van der Waals surface area contributed by atoms with Crippen LogP contribution in [0, 0.1) is 19.8 Å². The van der Waals surface area contributed by atoms with Gasteiger partial charge in [0.2, 0.25) is 5.91 Å². The van der Waals surface area contributed by atoms with Gasteiger partial charge in [0.25, 0.3) is 5.91 Å². The maximum Gasteiger partial charge on any atom is 0.267 e. The third-order valence-electron chi connectivity index (χ3n) is 5.93. The molecule has 0 unspecified atom stereocenters. The zero-order valence-corrected chi connectivity index (χ0v) is 20.6. The lowest BCUT2D eigenvalue weighted by atomic mass is 10.1. The van der Waals surface area contributed by atoms with E-state index < -0.39 is 0 Å². The van der Waals surface area contributed by atoms with Gasteiger partial charge < -0.3 is 20.6 Å². The van der Waals surface area contributed by atoms with Crippen molar-refractivity contribution in [3.63, 3.8) is 0 Å². The van der Waals surface area contributed by atoms with Crippen molar-refractivity contribution >= 4 is 39.8 Å². The molecule has 3 N–H and O–H groups in total. The van der Waals surface area contributed by atoms with E-state index in [1.807, 2.05) is 28.8 Å². The van der Waals surface area contributed by atoms with Gasteiger partial charge in [-0.3, -0.25) is 14.3 Å². The van der Waals surface area contributed by atoms with Gasteiger partial charge in [-0.15, -0.1) is 0 Å². The molecule has 1 aliphatic rings. The molecule has 0 radical (unpaired) electrons. The van der Waals surface area contributed by atoms with Crippen molar-refractivity contribution in [2.45, 2.75) is 46.6 Å². The summed E-state index contributed by atoms with van der Waals surface area (Å²) in [7, 11) is 0. The third-order valence-corrected chi connectivity index (χ3v) is 6.84. The van der Waals surface area contributed by atoms with Crippen molar-refractivity contribution in [1.29, 1.82) is 0 Å². The Morgan fingerprint density at radius 3 is 2.82 bits per heavy atom. The first-order valence-electron chi connectivity index (χ1n) is 11.4. The molecular formula is C24H30N6O3S. The Morgan fingerprint density at radius 2 is 2.06 bits per heavy atom. The Morgan fingerprint density at radius 1 is 1.26 bits per heavy atom. The summed E-state index contributed by atoms with van der Waals surface area (Å²) in [6, 6.07) is 5.38. The smallest absolute Gasteiger partial charge is 0.267 e. The second-order valence-electron chi connectivity index (χ2n) is 9.07. The van der Waals surface area contributed by atoms with Crippen LogP contribution < -0.4 is 10.6 Å². The van der Waals surface area contributed by atoms with Crippen molar-refractivity contribution in [1.82, 2.24) is 19.7 Å². The molecule has 0 aliphatic carbocycles. The Labute approximate surface area is 202 Å². The fourth-order valence-corrected chi connectivity index (χ4v) is 4.74. The van der Waals surface area contributed by atoms with Crippen LogP contribution in [0.3, 0.4) is 0 Å². The van der Waals surface area contributed by atoms with E-state index in [9.17, 15) is 14.7 Å². The van der Waals surface area contributed by atoms with Gasteiger partial charge >= 0.3 is 0 Å². The minimum absolute atomic E-state index is 0.137. The predicted molar refractivity (Wildman–Crippen MR) is 133 cm³/mol. The Kier molecular flexibility index (Phi) is 6.87. The van der Waals surface area contributed by atoms with Gasteiger partial charge in [-0.25, -0.2) is 4.98 Å². The number of hydrogen-bond donors (Lipinski definition) is 3. The number of thiazole rings is 1. The summed E-state index contributed by atoms with van der Waals surface area (Å²) in [4.78, 5) is 31.7. The molecule has 0 spiro atoms. The van der Waals surface area contributed by atoms with Crippen LogP contribution in [-0.4, -0.2) is 49.7 Å². The number of nitrogens with zero attached hydrogens (tertiary/aromatic N) is 4. The molecule has 9 nitrogen and oxygen atoms in total. The van der Waals surface area contributed by atoms with Crippen molar-refractivity contribution in [2.75, 3.05) is 23.7 Å². The van der Waals surface area contributed by atoms with Crippen LogP contribution >= 0.6 is 11.3 Å². The first-order valence-corrected chi connectivity index (χ1v) is 12.2. The van der Waals surface area contributed by atoms with Crippen LogP contribution in [0.1, 0.15) is 53.5 Å². The van der Waals surface area contributed by atoms with Crippen molar-refractivity contribution in [3.05, 3.63) is 46.6 Å². The van der Waals surface area contributed by atoms with E-state index in [1.165, 1.54) is 17.5 Å². The molecule has 1 atom stereocenters. The molecule has 3 aromatic rings. The number of hydrogen-bond acceptors (Lipinski definition) is 7. The summed E-state index contributed by atoms with van der Waals surface area (Å²) >= 11 is 1.22. The molecule has 1 aromatic carbocycles. The average Bonchev–Trinajstić information content (AvgIpc) is 3.54. The highest BCUT2D eigenvalue weighted by Crippen LogP contribution is 2.30. The highest BCUT2D eigenvalue weighted by molar-refractivity contribution is 7.17. The molecule has 180 valence electrons. The Hall–Kier alpha value is -3.40. The molecule has 1 saturated heterocycles. The molecule has 10 heteroatoms. The summed E-state index contributed by atoms with van der Waals surface area (Å²) < 4.78 is 1.89. The molecular weight excluding hydrogens is 452 g/mol. The minimum Gasteiger partial charge on any atom is -0.508 e. The molecule has 1 fully saturated rings. The largest absolute Gasteiger partial charge is 0.508 e. The Bertz CT molecular complexity index is 1200. The number of likely N-dealkylation sites (tertiary alicyclic amines) is 1. The van der Waals surface area contributed by atoms with E-state index in [0.717, 1.165) is 18.5 Å². The second-order valence-corrected chi connectivity index (χ2v) is 10.1. The first kappa shape index (κ1) is 23.7. The standard InChI is InChI=1S/C24H30N6O3S/c1-14(2)11-21(32)29-9-7-17(13-29)30-10-8-20(28-30)26-24-25-12-19(34-24)23(33)27-22-15(3)5-6-18(31)16(22)4/h5-6,8,10,12,14,17,31H,7,9,11,13H2,1-4H3,(H,27,33)(H,25,26,28)/t17-/m1/s1. The van der Waals surface area contributed by atoms with Gasteiger partial charge in [-0.2, -0.15) is 5.10 Å². The SMILES string of the molecule is Cc1ccc(O)c(C)c1NC(=O)c1cnc(Nc2ccn([C@@H]3CCN(C(=O)CC(C)C)C3)n2)s1. The van der Waals surface area contributed by atoms with E-state index in [2.05, 4.69) is 34.6 Å². The number of aromatic nitrogens is 3. The normalized spacial score (nSPS) is 15.7. The number of rotatable bonds is 7. The average molecular weight is 483 g/mol. The van der Waals surface area contributed by atoms with Gasteiger partial charge in [0, 0.05) is 37.3 Å². The topological polar surface area (TPSA) is 112 Å². The monoisotopic (exact) mass is 482 g/mol. The lowest BCUT2D eigenvalue weighted by Crippen LogP contribution is -2.30. The number of anilines is 3. The summed E-state index contributed by atoms with van der Waals surface area (Å²) in [5, 5.41) is 21.1. The second kappa shape index (κ2) is 9.84. The zero-order chi connectivity index (χ0) is 24.4. The number of nitrogens with one attached hydrogen (secondary N) is 2. The molecule has 4 rings (SSSR count). The third kappa shape index (κ3) is 5.22. The molecule has 2 aromatic heterocycles. The lowest BCUT2D eigenvalue weighted by molar-refractivity contribution is -0.131. The molecule has 2 amide bonds. The summed E-state index contributed by atoms with van der Waals surface area (Å²) in [5.74, 6) is 1.04. The maximum atomic E-state index is 12.7. The van der Waals surface area contributed by atoms with E-state index in [-0.39, 0.29) is 23.6 Å². The van der Waals surface area contributed by atoms with Crippen LogP contribution in [0.25, 0.3) is 0 Å². The van der Waals surface area contributed by atoms with Crippen LogP contribution in [0.2, 0.25) is 0 Å². The number of carbonyl (C=O) groups excluding carboxylic acids is 2. The van der Waals surface area contributed by atoms with Crippen LogP contribution in [0.5, 0.6) is 5.75 Å². The van der Waals surface area contributed by atoms with Gasteiger partial charge in [0.1, 0.15) is 10.6 Å². The van der Waals surface area contributed by atoms with E-state index in [0.29, 0.717) is 46.0 Å². The summed E-state index contributed by atoms with van der Waals surface area (Å²) in [5.41, 5.74) is 2.09. The number of benzene rings is 1. The van der Waals surface area contributed by atoms with Crippen molar-refractivity contribution in [3.8, 4) is 5.75 Å². The van der Waals surface area contributed by atoms with Crippen LogP contribution in [0.15, 0.2) is 30.6 Å². The minimum atomic E-state index is -0.287. The Balaban J connectivity index is 1.37. The molecule has 1 aliphatic heterocycles. The maximum absolute atomic E-state index is 12.7. The molecule has 3 heterocycles. The van der Waals surface area contributed by atoms with Gasteiger partial charge in [-0.1, -0.05) is 31.3 Å². The van der Waals surface area contributed by atoms with E-state index >= 15 is 0 Å². The fraction of sp³-hybridized carbons (Fsp3) is 0.417. The molecule has 0 saturated carbocycles. The van der Waals surface area contributed by atoms with Crippen molar-refractivity contribution < 1.29 is 14.7 Å². The highest BCUT2D eigenvalue weighted by atomic mass is 32.1. The lowest BCUT2D eigenvalue weighted by Gasteiger charge is -2.17. The van der Waals surface area contributed by atoms with Gasteiger partial charge in [-0.05, 0) is 37.8 Å². The van der Waals surface area contributed by atoms with E-state index in [4.69, 9.17) is 0 Å². The number of amides is 2. The summed E-state index contributed by atoms with van der Waals surface area (Å²) in [6.45, 7) is 9.17. The van der Waals surface area contributed by atoms with Crippen LogP contribution in [0.4, 0.5) is 16.6 Å². The first-order chi connectivity index (χ1) is 16.2. The summed E-state index contributed by atoms with van der Waals surface area (Å²) in [6.07, 6.45) is 4.86. The number of aromatic hydroxyl groups is 1. The predicted octanol–water partition coefficient (Wildman–Crippen LogP) is 4.48. The number of phenolic OH excluding ortho intramolecular Hbond substituents is 1. The van der Waals surface area contributed by atoms with Gasteiger partial charge in [0.05, 0.1) is 17.9 Å². The van der Waals surface area contributed by atoms with E-state index in [1.54, 1.807) is 19.1 Å². The number of aryl methyl sites for hydroxylation is 1. The fourth-order valence-electron chi connectivity index (χ4n) is 4.02. The number of phenols is 1. The zero-order valence-electron chi connectivity index (χ0n) is 19.8. The van der Waals surface area contributed by atoms with Crippen molar-refractivity contribution in [2.24, 2.45) is 5.92 Å². The quantitative estimate of drug-likeness (QED) is 0.458. The van der Waals surface area contributed by atoms with Crippen LogP contribution in [-0.2, 0) is 4.79 Å². The molecule has 34 heavy (non-hydrogen) atoms. The molecule has 0 bridgehead atoms. The highest BCUT2D eigenvalue weighted by Gasteiger charge is 2.28.